The molecule has 1 heterocycles. The Bertz CT molecular complexity index is 973. The van der Waals surface area contributed by atoms with Gasteiger partial charge in [0.2, 0.25) is 0 Å². The maximum atomic E-state index is 13.0. The third kappa shape index (κ3) is 5.93. The lowest BCUT2D eigenvalue weighted by Gasteiger charge is -2.26. The predicted octanol–water partition coefficient (Wildman–Crippen LogP) is 3.09. The first-order valence-corrected chi connectivity index (χ1v) is 11.3. The Morgan fingerprint density at radius 1 is 1.17 bits per heavy atom. The normalized spacial score (nSPS) is 11.7. The Kier molecular flexibility index (Phi) is 7.80. The monoisotopic (exact) mass is 434 g/mol. The van der Waals surface area contributed by atoms with Gasteiger partial charge in [0.1, 0.15) is 0 Å². The van der Waals surface area contributed by atoms with Gasteiger partial charge in [-0.1, -0.05) is 26.0 Å². The molecule has 30 heavy (non-hydrogen) atoms. The summed E-state index contributed by atoms with van der Waals surface area (Å²) in [6.07, 6.45) is 1.24. The molecule has 0 amide bonds. The number of pyridine rings is 1. The molecule has 0 radical (unpaired) electrons. The van der Waals surface area contributed by atoms with Crippen molar-refractivity contribution < 1.29 is 18.3 Å². The van der Waals surface area contributed by atoms with Gasteiger partial charge in [0.05, 0.1) is 16.1 Å². The fraction of sp³-hybridized carbons (Fsp3) is 0.429. The van der Waals surface area contributed by atoms with Crippen LogP contribution in [0.3, 0.4) is 0 Å². The number of carboxylic acid groups (broad SMARTS) is 1. The number of hydrogen-bond acceptors (Lipinski definition) is 6. The molecule has 1 aromatic carbocycles. The Morgan fingerprint density at radius 2 is 1.80 bits per heavy atom. The highest BCUT2D eigenvalue weighted by Crippen LogP contribution is 2.28. The van der Waals surface area contributed by atoms with Crippen molar-refractivity contribution >= 4 is 27.5 Å². The van der Waals surface area contributed by atoms with Crippen LogP contribution in [-0.4, -0.2) is 63.1 Å². The minimum Gasteiger partial charge on any atom is -0.478 e. The Balaban J connectivity index is 2.44. The summed E-state index contributed by atoms with van der Waals surface area (Å²) in [6, 6.07) is 7.97. The van der Waals surface area contributed by atoms with Crippen molar-refractivity contribution in [2.24, 2.45) is 0 Å². The van der Waals surface area contributed by atoms with Gasteiger partial charge in [-0.2, -0.15) is 0 Å². The van der Waals surface area contributed by atoms with Gasteiger partial charge in [0.25, 0.3) is 10.0 Å². The van der Waals surface area contributed by atoms with E-state index in [-0.39, 0.29) is 22.1 Å². The van der Waals surface area contributed by atoms with Crippen LogP contribution in [0.15, 0.2) is 41.4 Å². The number of nitrogens with one attached hydrogen (secondary N) is 1. The quantitative estimate of drug-likeness (QED) is 0.592. The molecule has 0 saturated heterocycles. The molecule has 2 rings (SSSR count). The highest BCUT2D eigenvalue weighted by molar-refractivity contribution is 7.92. The molecule has 0 aliphatic heterocycles. The molecule has 9 heteroatoms. The second-order valence-corrected chi connectivity index (χ2v) is 9.29. The molecule has 0 spiro atoms. The number of nitrogens with zero attached hydrogens (tertiary/aromatic N) is 3. The van der Waals surface area contributed by atoms with E-state index >= 15 is 0 Å². The second kappa shape index (κ2) is 9.90. The van der Waals surface area contributed by atoms with E-state index in [9.17, 15) is 18.3 Å². The molecule has 8 nitrogen and oxygen atoms in total. The lowest BCUT2D eigenvalue weighted by atomic mass is 10.0. The summed E-state index contributed by atoms with van der Waals surface area (Å²) in [4.78, 5) is 19.7. The highest BCUT2D eigenvalue weighted by Gasteiger charge is 2.21. The number of carbonyl (C=O) groups is 1. The fourth-order valence-corrected chi connectivity index (χ4v) is 3.92. The van der Waals surface area contributed by atoms with E-state index in [1.54, 1.807) is 24.3 Å². The van der Waals surface area contributed by atoms with Crippen molar-refractivity contribution in [3.63, 3.8) is 0 Å². The van der Waals surface area contributed by atoms with Crippen LogP contribution in [-0.2, 0) is 10.0 Å². The average Bonchev–Trinajstić information content (AvgIpc) is 2.68. The summed E-state index contributed by atoms with van der Waals surface area (Å²) in [5, 5.41) is 9.33. The number of likely N-dealkylation sites (N-methyl/N-ethyl adjacent to an activating group) is 2. The van der Waals surface area contributed by atoms with Crippen molar-refractivity contribution in [3.05, 3.63) is 47.7 Å². The molecule has 0 saturated carbocycles. The van der Waals surface area contributed by atoms with Crippen molar-refractivity contribution in [2.75, 3.05) is 43.4 Å². The molecule has 0 aliphatic rings. The van der Waals surface area contributed by atoms with Crippen molar-refractivity contribution in [1.29, 1.82) is 0 Å². The van der Waals surface area contributed by atoms with E-state index in [4.69, 9.17) is 0 Å². The molecule has 0 unspecified atom stereocenters. The lowest BCUT2D eigenvalue weighted by molar-refractivity contribution is 0.0696. The first-order valence-electron chi connectivity index (χ1n) is 9.81. The number of hydrogen-bond donors (Lipinski definition) is 2. The van der Waals surface area contributed by atoms with Crippen LogP contribution >= 0.6 is 0 Å². The fourth-order valence-electron chi connectivity index (χ4n) is 2.87. The molecular weight excluding hydrogens is 404 g/mol. The molecule has 2 aromatic rings. The van der Waals surface area contributed by atoms with Crippen molar-refractivity contribution in [2.45, 2.75) is 31.6 Å². The maximum absolute atomic E-state index is 13.0. The first-order chi connectivity index (χ1) is 14.0. The molecule has 0 aliphatic carbocycles. The molecule has 0 fully saturated rings. The number of carboxylic acids is 1. The number of sulfonamides is 1. The summed E-state index contributed by atoms with van der Waals surface area (Å²) in [5.74, 6) is -0.494. The molecular formula is C21H30N4O4S. The molecule has 0 bridgehead atoms. The lowest BCUT2D eigenvalue weighted by Crippen LogP contribution is -2.33. The SMILES string of the molecule is CCN(CCN(C)C)c1ncc(C(=O)O)cc1NS(=O)(=O)c1ccc(C(C)C)cc1. The number of aromatic carboxylic acids is 1. The van der Waals surface area contributed by atoms with Gasteiger partial charge in [-0.15, -0.1) is 0 Å². The van der Waals surface area contributed by atoms with Crippen LogP contribution in [0.25, 0.3) is 0 Å². The molecule has 1 aromatic heterocycles. The Morgan fingerprint density at radius 3 is 2.30 bits per heavy atom. The number of anilines is 2. The molecule has 164 valence electrons. The first kappa shape index (κ1) is 23.6. The van der Waals surface area contributed by atoms with Crippen LogP contribution in [0.1, 0.15) is 42.6 Å². The zero-order valence-corrected chi connectivity index (χ0v) is 18.9. The summed E-state index contributed by atoms with van der Waals surface area (Å²) in [6.45, 7) is 7.94. The topological polar surface area (TPSA) is 103 Å². The minimum absolute atomic E-state index is 0.0877. The summed E-state index contributed by atoms with van der Waals surface area (Å²) < 4.78 is 28.5. The van der Waals surface area contributed by atoms with Gasteiger partial charge >= 0.3 is 5.97 Å². The van der Waals surface area contributed by atoms with Gasteiger partial charge < -0.3 is 14.9 Å². The second-order valence-electron chi connectivity index (χ2n) is 7.61. The maximum Gasteiger partial charge on any atom is 0.337 e. The number of benzene rings is 1. The summed E-state index contributed by atoms with van der Waals surface area (Å²) in [7, 11) is -0.0264. The third-order valence-corrected chi connectivity index (χ3v) is 6.09. The van der Waals surface area contributed by atoms with Crippen LogP contribution < -0.4 is 9.62 Å². The van der Waals surface area contributed by atoms with E-state index in [2.05, 4.69) is 9.71 Å². The largest absolute Gasteiger partial charge is 0.478 e. The Hall–Kier alpha value is -2.65. The zero-order valence-electron chi connectivity index (χ0n) is 18.1. The molecule has 0 atom stereocenters. The zero-order chi connectivity index (χ0) is 22.5. The minimum atomic E-state index is -3.91. The summed E-state index contributed by atoms with van der Waals surface area (Å²) >= 11 is 0. The van der Waals surface area contributed by atoms with Gasteiger partial charge in [0.15, 0.2) is 5.82 Å². The van der Waals surface area contributed by atoms with Crippen LogP contribution in [0.5, 0.6) is 0 Å². The third-order valence-electron chi connectivity index (χ3n) is 4.71. The van der Waals surface area contributed by atoms with E-state index in [0.29, 0.717) is 18.9 Å². The van der Waals surface area contributed by atoms with E-state index < -0.39 is 16.0 Å². The van der Waals surface area contributed by atoms with Gasteiger partial charge in [0, 0.05) is 25.8 Å². The van der Waals surface area contributed by atoms with Crippen LogP contribution in [0, 0.1) is 0 Å². The van der Waals surface area contributed by atoms with E-state index in [1.807, 2.05) is 44.7 Å². The molecule has 2 N–H and O–H groups in total. The number of aromatic nitrogens is 1. The van der Waals surface area contributed by atoms with Crippen molar-refractivity contribution in [3.8, 4) is 0 Å². The predicted molar refractivity (Wildman–Crippen MR) is 119 cm³/mol. The standard InChI is InChI=1S/C21H30N4O4S/c1-6-25(12-11-24(4)5)20-19(13-17(14-22-20)21(26)27)23-30(28,29)18-9-7-16(8-10-18)15(2)3/h7-10,13-15,23H,6,11-12H2,1-5H3,(H,26,27). The van der Waals surface area contributed by atoms with Gasteiger partial charge in [-0.3, -0.25) is 4.72 Å². The van der Waals surface area contributed by atoms with Gasteiger partial charge in [-0.05, 0) is 50.7 Å². The van der Waals surface area contributed by atoms with Crippen LogP contribution in [0.4, 0.5) is 11.5 Å². The van der Waals surface area contributed by atoms with Crippen LogP contribution in [0.2, 0.25) is 0 Å². The number of rotatable bonds is 10. The van der Waals surface area contributed by atoms with Crippen molar-refractivity contribution in [1.82, 2.24) is 9.88 Å². The van der Waals surface area contributed by atoms with E-state index in [0.717, 1.165) is 12.1 Å². The smallest absolute Gasteiger partial charge is 0.337 e. The highest BCUT2D eigenvalue weighted by atomic mass is 32.2. The summed E-state index contributed by atoms with van der Waals surface area (Å²) in [5.41, 5.74) is 1.09. The van der Waals surface area contributed by atoms with E-state index in [1.165, 1.54) is 12.3 Å². The average molecular weight is 435 g/mol. The van der Waals surface area contributed by atoms with Gasteiger partial charge in [-0.25, -0.2) is 18.2 Å². The Labute approximate surface area is 178 Å².